The quantitative estimate of drug-likeness (QED) is 0.864. The molecule has 1 aromatic heterocycles. The fourth-order valence-electron chi connectivity index (χ4n) is 0.902. The van der Waals surface area contributed by atoms with E-state index in [1.807, 2.05) is 32.2 Å². The van der Waals surface area contributed by atoms with Crippen LogP contribution in [-0.2, 0) is 0 Å². The number of hydrogen-bond donors (Lipinski definition) is 1. The first kappa shape index (κ1) is 10.4. The van der Waals surface area contributed by atoms with Gasteiger partial charge in [-0.2, -0.15) is 0 Å². The van der Waals surface area contributed by atoms with E-state index < -0.39 is 0 Å². The second kappa shape index (κ2) is 4.53. The van der Waals surface area contributed by atoms with Gasteiger partial charge in [0.25, 0.3) is 0 Å². The summed E-state index contributed by atoms with van der Waals surface area (Å²) in [6, 6.07) is 2.11. The number of pyridine rings is 1. The summed E-state index contributed by atoms with van der Waals surface area (Å²) in [6.07, 6.45) is 5.62. The van der Waals surface area contributed by atoms with E-state index in [1.54, 1.807) is 6.20 Å². The second-order valence-electron chi connectivity index (χ2n) is 3.11. The van der Waals surface area contributed by atoms with Gasteiger partial charge >= 0.3 is 0 Å². The molecule has 0 fully saturated rings. The third-order valence-electron chi connectivity index (χ3n) is 1.84. The molecule has 1 aromatic rings. The van der Waals surface area contributed by atoms with Crippen molar-refractivity contribution in [3.8, 4) is 0 Å². The van der Waals surface area contributed by atoms with Gasteiger partial charge in [-0.05, 0) is 41.4 Å². The van der Waals surface area contributed by atoms with Gasteiger partial charge in [0.2, 0.25) is 0 Å². The Morgan fingerprint density at radius 3 is 2.85 bits per heavy atom. The number of aromatic nitrogens is 1. The molecule has 0 aliphatic carbocycles. The molecule has 0 spiro atoms. The molecule has 0 aliphatic rings. The van der Waals surface area contributed by atoms with Crippen LogP contribution >= 0.6 is 15.9 Å². The summed E-state index contributed by atoms with van der Waals surface area (Å²) >= 11 is 3.37. The first-order chi connectivity index (χ1) is 6.09. The predicted octanol–water partition coefficient (Wildman–Crippen LogP) is 2.59. The highest BCUT2D eigenvalue weighted by Gasteiger charge is 1.97. The van der Waals surface area contributed by atoms with Gasteiger partial charge in [0, 0.05) is 22.9 Å². The molecule has 2 N–H and O–H groups in total. The van der Waals surface area contributed by atoms with Crippen molar-refractivity contribution in [3.63, 3.8) is 0 Å². The minimum Gasteiger partial charge on any atom is -0.324 e. The van der Waals surface area contributed by atoms with E-state index in [-0.39, 0.29) is 6.04 Å². The van der Waals surface area contributed by atoms with Crippen molar-refractivity contribution in [1.29, 1.82) is 0 Å². The molecule has 0 saturated carbocycles. The molecule has 1 unspecified atom stereocenters. The van der Waals surface area contributed by atoms with Crippen LogP contribution in [0.25, 0.3) is 6.08 Å². The monoisotopic (exact) mass is 240 g/mol. The highest BCUT2D eigenvalue weighted by Crippen LogP contribution is 2.13. The largest absolute Gasteiger partial charge is 0.324 e. The molecular weight excluding hydrogens is 228 g/mol. The molecule has 0 aliphatic heterocycles. The van der Waals surface area contributed by atoms with Crippen molar-refractivity contribution >= 4 is 22.0 Å². The SMILES string of the molecule is C/C(=C\c1cncc(Br)c1)C(C)N. The average Bonchev–Trinajstić information content (AvgIpc) is 2.04. The number of halogens is 1. The highest BCUT2D eigenvalue weighted by atomic mass is 79.9. The Labute approximate surface area is 87.0 Å². The second-order valence-corrected chi connectivity index (χ2v) is 4.03. The van der Waals surface area contributed by atoms with E-state index in [2.05, 4.69) is 20.9 Å². The molecule has 1 heterocycles. The van der Waals surface area contributed by atoms with Crippen LogP contribution in [0.5, 0.6) is 0 Å². The summed E-state index contributed by atoms with van der Waals surface area (Å²) in [5.41, 5.74) is 7.95. The first-order valence-electron chi connectivity index (χ1n) is 4.14. The van der Waals surface area contributed by atoms with Crippen LogP contribution in [0.1, 0.15) is 19.4 Å². The van der Waals surface area contributed by atoms with Crippen LogP contribution in [0.2, 0.25) is 0 Å². The lowest BCUT2D eigenvalue weighted by atomic mass is 10.1. The maximum atomic E-state index is 5.72. The van der Waals surface area contributed by atoms with Gasteiger partial charge in [-0.1, -0.05) is 11.6 Å². The van der Waals surface area contributed by atoms with E-state index in [1.165, 1.54) is 0 Å². The van der Waals surface area contributed by atoms with Gasteiger partial charge in [0.15, 0.2) is 0 Å². The van der Waals surface area contributed by atoms with E-state index in [4.69, 9.17) is 5.73 Å². The fraction of sp³-hybridized carbons (Fsp3) is 0.300. The third kappa shape index (κ3) is 3.28. The molecule has 1 atom stereocenters. The number of nitrogens with zero attached hydrogens (tertiary/aromatic N) is 1. The maximum Gasteiger partial charge on any atom is 0.0410 e. The van der Waals surface area contributed by atoms with Crippen molar-refractivity contribution in [2.75, 3.05) is 0 Å². The Hall–Kier alpha value is -0.670. The lowest BCUT2D eigenvalue weighted by Gasteiger charge is -2.04. The minimum atomic E-state index is 0.0963. The maximum absolute atomic E-state index is 5.72. The van der Waals surface area contributed by atoms with Crippen LogP contribution in [0, 0.1) is 0 Å². The average molecular weight is 241 g/mol. The zero-order valence-electron chi connectivity index (χ0n) is 7.79. The van der Waals surface area contributed by atoms with Gasteiger partial charge < -0.3 is 5.73 Å². The summed E-state index contributed by atoms with van der Waals surface area (Å²) in [7, 11) is 0. The molecule has 2 nitrogen and oxygen atoms in total. The lowest BCUT2D eigenvalue weighted by Crippen LogP contribution is -2.15. The molecule has 0 aromatic carbocycles. The van der Waals surface area contributed by atoms with Crippen molar-refractivity contribution in [2.24, 2.45) is 5.73 Å². The molecule has 1 rings (SSSR count). The van der Waals surface area contributed by atoms with E-state index in [0.29, 0.717) is 0 Å². The number of hydrogen-bond acceptors (Lipinski definition) is 2. The summed E-state index contributed by atoms with van der Waals surface area (Å²) in [5, 5.41) is 0. The van der Waals surface area contributed by atoms with E-state index >= 15 is 0 Å². The van der Waals surface area contributed by atoms with E-state index in [0.717, 1.165) is 15.6 Å². The summed E-state index contributed by atoms with van der Waals surface area (Å²) < 4.78 is 0.985. The summed E-state index contributed by atoms with van der Waals surface area (Å²) in [4.78, 5) is 4.06. The molecule has 3 heteroatoms. The molecule has 0 bridgehead atoms. The normalized spacial score (nSPS) is 14.3. The highest BCUT2D eigenvalue weighted by molar-refractivity contribution is 9.10. The van der Waals surface area contributed by atoms with Crippen LogP contribution < -0.4 is 5.73 Å². The lowest BCUT2D eigenvalue weighted by molar-refractivity contribution is 0.868. The molecule has 0 radical (unpaired) electrons. The smallest absolute Gasteiger partial charge is 0.0410 e. The molecule has 13 heavy (non-hydrogen) atoms. The minimum absolute atomic E-state index is 0.0963. The van der Waals surface area contributed by atoms with Gasteiger partial charge in [-0.25, -0.2) is 0 Å². The Bertz CT molecular complexity index is 318. The van der Waals surface area contributed by atoms with Gasteiger partial charge in [-0.15, -0.1) is 0 Å². The molecule has 0 amide bonds. The van der Waals surface area contributed by atoms with Crippen molar-refractivity contribution in [2.45, 2.75) is 19.9 Å². The zero-order chi connectivity index (χ0) is 9.84. The topological polar surface area (TPSA) is 38.9 Å². The van der Waals surface area contributed by atoms with E-state index in [9.17, 15) is 0 Å². The number of nitrogens with two attached hydrogens (primary N) is 1. The molecule has 70 valence electrons. The van der Waals surface area contributed by atoms with Crippen LogP contribution in [0.4, 0.5) is 0 Å². The zero-order valence-corrected chi connectivity index (χ0v) is 9.38. The van der Waals surface area contributed by atoms with Crippen LogP contribution in [0.15, 0.2) is 28.5 Å². The molecular formula is C10H13BrN2. The Balaban J connectivity index is 2.91. The van der Waals surface area contributed by atoms with Crippen molar-refractivity contribution in [3.05, 3.63) is 34.1 Å². The first-order valence-corrected chi connectivity index (χ1v) is 4.93. The Morgan fingerprint density at radius 2 is 2.31 bits per heavy atom. The van der Waals surface area contributed by atoms with Crippen LogP contribution in [0.3, 0.4) is 0 Å². The van der Waals surface area contributed by atoms with Gasteiger partial charge in [0.1, 0.15) is 0 Å². The summed E-state index contributed by atoms with van der Waals surface area (Å²) in [6.45, 7) is 3.99. The Kier molecular flexibility index (Phi) is 3.63. The van der Waals surface area contributed by atoms with Gasteiger partial charge in [0.05, 0.1) is 0 Å². The third-order valence-corrected chi connectivity index (χ3v) is 2.27. The van der Waals surface area contributed by atoms with Gasteiger partial charge in [-0.3, -0.25) is 4.98 Å². The number of rotatable bonds is 2. The van der Waals surface area contributed by atoms with Crippen LogP contribution in [-0.4, -0.2) is 11.0 Å². The van der Waals surface area contributed by atoms with Crippen molar-refractivity contribution in [1.82, 2.24) is 4.98 Å². The Morgan fingerprint density at radius 1 is 1.62 bits per heavy atom. The summed E-state index contributed by atoms with van der Waals surface area (Å²) in [5.74, 6) is 0. The van der Waals surface area contributed by atoms with Crippen molar-refractivity contribution < 1.29 is 0 Å². The molecule has 0 saturated heterocycles. The predicted molar refractivity (Wildman–Crippen MR) is 59.2 cm³/mol. The fourth-order valence-corrected chi connectivity index (χ4v) is 1.28. The standard InChI is InChI=1S/C10H13BrN2/c1-7(8(2)12)3-9-4-10(11)6-13-5-9/h3-6,8H,12H2,1-2H3/b7-3+.